The number of nitrogens with one attached hydrogen (secondary N) is 2. The second-order valence-corrected chi connectivity index (χ2v) is 10.4. The van der Waals surface area contributed by atoms with Crippen molar-refractivity contribution in [2.75, 3.05) is 37.1 Å². The van der Waals surface area contributed by atoms with Gasteiger partial charge >= 0.3 is 0 Å². The van der Waals surface area contributed by atoms with Crippen LogP contribution in [0.25, 0.3) is 10.9 Å². The lowest BCUT2D eigenvalue weighted by atomic mass is 10.1. The maximum Gasteiger partial charge on any atom is 0.258 e. The Hall–Kier alpha value is -3.11. The Morgan fingerprint density at radius 3 is 2.80 bits per heavy atom. The van der Waals surface area contributed by atoms with Crippen LogP contribution in [0.1, 0.15) is 25.3 Å². The molecule has 3 aromatic rings. The third-order valence-corrected chi connectivity index (χ3v) is 7.53. The molecule has 1 saturated heterocycles. The van der Waals surface area contributed by atoms with Crippen LogP contribution in [0.4, 0.5) is 21.6 Å². The van der Waals surface area contributed by atoms with E-state index in [1.165, 1.54) is 31.3 Å². The smallest absolute Gasteiger partial charge is 0.258 e. The van der Waals surface area contributed by atoms with Gasteiger partial charge in [0.15, 0.2) is 6.61 Å². The average molecular weight is 500 g/mol. The molecule has 0 bridgehead atoms. The lowest BCUT2D eigenvalue weighted by molar-refractivity contribution is -0.124. The lowest BCUT2D eigenvalue weighted by Crippen LogP contribution is -2.38. The van der Waals surface area contributed by atoms with Gasteiger partial charge < -0.3 is 20.1 Å². The quantitative estimate of drug-likeness (QED) is 0.447. The van der Waals surface area contributed by atoms with E-state index in [0.29, 0.717) is 18.1 Å². The molecule has 2 N–H and O–H groups in total. The van der Waals surface area contributed by atoms with Gasteiger partial charge in [0, 0.05) is 36.1 Å². The number of ether oxygens (including phenoxy) is 2. The Labute approximate surface area is 206 Å². The highest BCUT2D eigenvalue weighted by Gasteiger charge is 2.15. The van der Waals surface area contributed by atoms with Crippen LogP contribution in [0, 0.1) is 12.7 Å². The Balaban J connectivity index is 1.57. The predicted molar refractivity (Wildman–Crippen MR) is 137 cm³/mol. The first-order valence-electron chi connectivity index (χ1n) is 11.6. The summed E-state index contributed by atoms with van der Waals surface area (Å²) in [4.78, 5) is 21.1. The summed E-state index contributed by atoms with van der Waals surface area (Å²) in [7, 11) is 1.65. The normalized spacial score (nSPS) is 14.6. The summed E-state index contributed by atoms with van der Waals surface area (Å²) in [6.45, 7) is 3.95. The molecule has 1 aliphatic rings. The minimum absolute atomic E-state index is 0.0909. The molecule has 10 heteroatoms. The van der Waals surface area contributed by atoms with Gasteiger partial charge in [-0.25, -0.2) is 18.7 Å². The van der Waals surface area contributed by atoms with Gasteiger partial charge in [-0.05, 0) is 56.5 Å². The molecule has 0 aliphatic carbocycles. The summed E-state index contributed by atoms with van der Waals surface area (Å²) in [6.07, 6.45) is 3.97. The van der Waals surface area contributed by atoms with E-state index in [0.717, 1.165) is 33.7 Å². The lowest BCUT2D eigenvalue weighted by Gasteiger charge is -2.16. The van der Waals surface area contributed by atoms with Crippen molar-refractivity contribution >= 4 is 44.7 Å². The number of amides is 1. The number of hydrogen-bond acceptors (Lipinski definition) is 7. The Bertz CT molecular complexity index is 1250. The topological polar surface area (TPSA) is 97.7 Å². The number of rotatable bonds is 9. The van der Waals surface area contributed by atoms with E-state index in [-0.39, 0.29) is 35.0 Å². The highest BCUT2D eigenvalue weighted by molar-refractivity contribution is 7.87. The highest BCUT2D eigenvalue weighted by atomic mass is 32.2. The van der Waals surface area contributed by atoms with Crippen molar-refractivity contribution in [2.45, 2.75) is 32.7 Å². The largest absolute Gasteiger partial charge is 0.481 e. The fourth-order valence-corrected chi connectivity index (χ4v) is 5.86. The van der Waals surface area contributed by atoms with Gasteiger partial charge in [-0.2, -0.15) is 0 Å². The van der Waals surface area contributed by atoms with Gasteiger partial charge in [-0.1, -0.05) is 10.7 Å². The summed E-state index contributed by atoms with van der Waals surface area (Å²) in [6, 6.07) is 7.99. The van der Waals surface area contributed by atoms with Gasteiger partial charge in [0.1, 0.15) is 23.7 Å². The van der Waals surface area contributed by atoms with E-state index in [1.807, 2.05) is 19.9 Å². The second-order valence-electron chi connectivity index (χ2n) is 8.53. The number of anilines is 2. The molecule has 186 valence electrons. The molecule has 1 unspecified atom stereocenters. The summed E-state index contributed by atoms with van der Waals surface area (Å²) < 4.78 is 29.6. The van der Waals surface area contributed by atoms with Gasteiger partial charge in [-0.15, -0.1) is 0 Å². The van der Waals surface area contributed by atoms with Crippen LogP contribution >= 0.6 is 0 Å². The molecule has 2 aromatic carbocycles. The number of carbonyl (C=O) groups is 1. The third kappa shape index (κ3) is 6.52. The number of nitrogens with zero attached hydrogens (tertiary/aromatic N) is 3. The van der Waals surface area contributed by atoms with Crippen molar-refractivity contribution < 1.29 is 18.7 Å². The fourth-order valence-electron chi connectivity index (χ4n) is 4.00. The standard InChI is InChI=1S/C25H30FN5O3S/c1-16-10-19(31-35-8-4-5-9-35)12-21-24(16)25(28-15-27-21)30-20-7-6-18(26)11-22(20)34-14-23(32)29-17(2)13-33-3/h6-7,10-12,15,17H,4-5,8-9,13-14H2,1-3H3,(H,29,32)(H,27,28,30). The number of methoxy groups -OCH3 is 1. The maximum atomic E-state index is 14.0. The molecular formula is C25H30FN5O3S. The average Bonchev–Trinajstić information content (AvgIpc) is 3.32. The summed E-state index contributed by atoms with van der Waals surface area (Å²) in [5.74, 6) is 2.29. The van der Waals surface area contributed by atoms with Gasteiger partial charge in [0.2, 0.25) is 0 Å². The van der Waals surface area contributed by atoms with Gasteiger partial charge in [-0.3, -0.25) is 4.79 Å². The molecular weight excluding hydrogens is 469 g/mol. The number of hydrogen-bond donors (Lipinski definition) is 2. The molecule has 8 nitrogen and oxygen atoms in total. The van der Waals surface area contributed by atoms with Crippen LogP contribution in [0.15, 0.2) is 41.0 Å². The summed E-state index contributed by atoms with van der Waals surface area (Å²) in [5.41, 5.74) is 3.19. The monoisotopic (exact) mass is 499 g/mol. The van der Waals surface area contributed by atoms with E-state index in [2.05, 4.69) is 26.7 Å². The van der Waals surface area contributed by atoms with E-state index < -0.39 is 5.82 Å². The van der Waals surface area contributed by atoms with Crippen LogP contribution in [0.5, 0.6) is 5.75 Å². The first-order valence-corrected chi connectivity index (χ1v) is 13.1. The van der Waals surface area contributed by atoms with Crippen molar-refractivity contribution in [3.8, 4) is 5.75 Å². The molecule has 0 saturated carbocycles. The highest BCUT2D eigenvalue weighted by Crippen LogP contribution is 2.34. The molecule has 1 atom stereocenters. The molecule has 2 heterocycles. The predicted octanol–water partition coefficient (Wildman–Crippen LogP) is 4.58. The van der Waals surface area contributed by atoms with Crippen LogP contribution in [0.3, 0.4) is 0 Å². The first-order chi connectivity index (χ1) is 16.9. The molecule has 35 heavy (non-hydrogen) atoms. The van der Waals surface area contributed by atoms with E-state index in [1.54, 1.807) is 13.2 Å². The van der Waals surface area contributed by atoms with Crippen molar-refractivity contribution in [1.29, 1.82) is 0 Å². The first kappa shape index (κ1) is 25.0. The van der Waals surface area contributed by atoms with Crippen molar-refractivity contribution in [2.24, 2.45) is 4.36 Å². The zero-order chi connectivity index (χ0) is 24.8. The van der Waals surface area contributed by atoms with Crippen LogP contribution in [-0.2, 0) is 20.2 Å². The minimum atomic E-state index is -0.471. The molecule has 1 aliphatic heterocycles. The molecule has 1 aromatic heterocycles. The number of halogens is 1. The van der Waals surface area contributed by atoms with Crippen molar-refractivity contribution in [3.63, 3.8) is 0 Å². The Morgan fingerprint density at radius 1 is 1.23 bits per heavy atom. The second kappa shape index (κ2) is 11.5. The van der Waals surface area contributed by atoms with Crippen molar-refractivity contribution in [3.05, 3.63) is 48.0 Å². The SMILES string of the molecule is COCC(C)NC(=O)COc1cc(F)ccc1Nc1ncnc2cc(N=S3CCCC3)cc(C)c12. The zero-order valence-corrected chi connectivity index (χ0v) is 21.0. The summed E-state index contributed by atoms with van der Waals surface area (Å²) in [5, 5.41) is 6.85. The number of aromatic nitrogens is 2. The fraction of sp³-hybridized carbons (Fsp3) is 0.400. The summed E-state index contributed by atoms with van der Waals surface area (Å²) >= 11 is 0. The Morgan fingerprint density at radius 2 is 2.03 bits per heavy atom. The number of aryl methyl sites for hydroxylation is 1. The van der Waals surface area contributed by atoms with Crippen molar-refractivity contribution in [1.82, 2.24) is 15.3 Å². The van der Waals surface area contributed by atoms with E-state index in [4.69, 9.17) is 13.8 Å². The zero-order valence-electron chi connectivity index (χ0n) is 20.1. The van der Waals surface area contributed by atoms with Crippen LogP contribution in [0.2, 0.25) is 0 Å². The third-order valence-electron chi connectivity index (χ3n) is 5.54. The van der Waals surface area contributed by atoms with Gasteiger partial charge in [0.25, 0.3) is 5.91 Å². The van der Waals surface area contributed by atoms with E-state index >= 15 is 0 Å². The van der Waals surface area contributed by atoms with Crippen LogP contribution in [-0.4, -0.2) is 53.7 Å². The van der Waals surface area contributed by atoms with Crippen LogP contribution < -0.4 is 15.4 Å². The Kier molecular flexibility index (Phi) is 8.25. The number of fused-ring (bicyclic) bond motifs is 1. The number of carbonyl (C=O) groups excluding carboxylic acids is 1. The van der Waals surface area contributed by atoms with Gasteiger partial charge in [0.05, 0.1) is 23.5 Å². The molecule has 1 amide bonds. The molecule has 1 fully saturated rings. The molecule has 0 radical (unpaired) electrons. The number of benzene rings is 2. The molecule has 0 spiro atoms. The maximum absolute atomic E-state index is 14.0. The minimum Gasteiger partial charge on any atom is -0.481 e. The van der Waals surface area contributed by atoms with E-state index in [9.17, 15) is 9.18 Å². The molecule has 4 rings (SSSR count).